The highest BCUT2D eigenvalue weighted by Crippen LogP contribution is 2.29. The van der Waals surface area contributed by atoms with E-state index in [-0.39, 0.29) is 17.7 Å². The number of nitrogens with two attached hydrogens (primary N) is 1. The van der Waals surface area contributed by atoms with Crippen molar-refractivity contribution in [1.82, 2.24) is 9.97 Å². The maximum Gasteiger partial charge on any atom is 0.276 e. The van der Waals surface area contributed by atoms with E-state index in [9.17, 15) is 4.79 Å². The van der Waals surface area contributed by atoms with E-state index in [0.717, 1.165) is 17.2 Å². The number of rotatable bonds is 4. The number of nitrogens with one attached hydrogen (secondary N) is 1. The molecule has 1 aromatic carbocycles. The average molecular weight is 378 g/mol. The standard InChI is InChI=1S/C21H22N4O3/c1-13-12-27-10-7-18(13)28-21-16-5-4-15(11-14(16)6-9-24-21)25-20(26)19-17(22)3-2-8-23-19/h2-6,8-9,11,13,18H,7,10,12,22H2,1H3,(H,25,26). The van der Waals surface area contributed by atoms with Crippen LogP contribution in [-0.4, -0.2) is 35.2 Å². The summed E-state index contributed by atoms with van der Waals surface area (Å²) in [7, 11) is 0. The third-order valence-corrected chi connectivity index (χ3v) is 4.86. The van der Waals surface area contributed by atoms with Gasteiger partial charge in [-0.05, 0) is 41.8 Å². The first-order valence-corrected chi connectivity index (χ1v) is 9.27. The van der Waals surface area contributed by atoms with Crippen LogP contribution in [-0.2, 0) is 4.74 Å². The number of carbonyl (C=O) groups is 1. The second-order valence-electron chi connectivity index (χ2n) is 6.94. The van der Waals surface area contributed by atoms with E-state index in [1.165, 1.54) is 6.20 Å². The fourth-order valence-electron chi connectivity index (χ4n) is 3.30. The third-order valence-electron chi connectivity index (χ3n) is 4.86. The quantitative estimate of drug-likeness (QED) is 0.723. The Bertz CT molecular complexity index is 1010. The van der Waals surface area contributed by atoms with Crippen molar-refractivity contribution in [2.75, 3.05) is 24.3 Å². The Labute approximate surface area is 162 Å². The highest BCUT2D eigenvalue weighted by atomic mass is 16.5. The van der Waals surface area contributed by atoms with Crippen molar-refractivity contribution in [2.45, 2.75) is 19.4 Å². The van der Waals surface area contributed by atoms with Crippen LogP contribution >= 0.6 is 0 Å². The topological polar surface area (TPSA) is 99.4 Å². The largest absolute Gasteiger partial charge is 0.473 e. The number of fused-ring (bicyclic) bond motifs is 1. The molecule has 0 spiro atoms. The van der Waals surface area contributed by atoms with Crippen molar-refractivity contribution >= 4 is 28.1 Å². The molecule has 1 fully saturated rings. The Morgan fingerprint density at radius 2 is 2.14 bits per heavy atom. The Kier molecular flexibility index (Phi) is 5.08. The zero-order chi connectivity index (χ0) is 19.5. The molecule has 7 nitrogen and oxygen atoms in total. The molecule has 3 aromatic rings. The highest BCUT2D eigenvalue weighted by molar-refractivity contribution is 6.07. The smallest absolute Gasteiger partial charge is 0.276 e. The van der Waals surface area contributed by atoms with Crippen LogP contribution in [0.25, 0.3) is 10.8 Å². The molecule has 1 aliphatic heterocycles. The van der Waals surface area contributed by atoms with Gasteiger partial charge in [0.1, 0.15) is 6.10 Å². The molecule has 0 aliphatic carbocycles. The van der Waals surface area contributed by atoms with Gasteiger partial charge in [0.2, 0.25) is 5.88 Å². The van der Waals surface area contributed by atoms with Gasteiger partial charge in [0.15, 0.2) is 5.69 Å². The number of nitrogens with zero attached hydrogens (tertiary/aromatic N) is 2. The van der Waals surface area contributed by atoms with Gasteiger partial charge in [-0.15, -0.1) is 0 Å². The van der Waals surface area contributed by atoms with Crippen LogP contribution in [0.3, 0.4) is 0 Å². The molecule has 2 atom stereocenters. The Morgan fingerprint density at radius 1 is 1.25 bits per heavy atom. The molecule has 0 bridgehead atoms. The number of nitrogen functional groups attached to an aromatic ring is 1. The van der Waals surface area contributed by atoms with E-state index in [2.05, 4.69) is 22.2 Å². The fraction of sp³-hybridized carbons (Fsp3) is 0.286. The van der Waals surface area contributed by atoms with Crippen molar-refractivity contribution in [3.8, 4) is 5.88 Å². The zero-order valence-corrected chi connectivity index (χ0v) is 15.6. The molecule has 2 unspecified atom stereocenters. The molecular weight excluding hydrogens is 356 g/mol. The summed E-state index contributed by atoms with van der Waals surface area (Å²) in [5, 5.41) is 4.67. The van der Waals surface area contributed by atoms with E-state index in [1.54, 1.807) is 18.3 Å². The molecule has 28 heavy (non-hydrogen) atoms. The van der Waals surface area contributed by atoms with E-state index in [0.29, 0.717) is 36.4 Å². The molecular formula is C21H22N4O3. The van der Waals surface area contributed by atoms with Crippen molar-refractivity contribution < 1.29 is 14.3 Å². The number of pyridine rings is 2. The number of carbonyl (C=O) groups excluding carboxylic acids is 1. The Balaban J connectivity index is 1.56. The molecule has 1 amide bonds. The van der Waals surface area contributed by atoms with E-state index in [1.807, 2.05) is 24.3 Å². The van der Waals surface area contributed by atoms with Crippen molar-refractivity contribution in [3.05, 3.63) is 54.5 Å². The van der Waals surface area contributed by atoms with Gasteiger partial charge in [0, 0.05) is 35.8 Å². The van der Waals surface area contributed by atoms with Gasteiger partial charge < -0.3 is 20.5 Å². The number of hydrogen-bond acceptors (Lipinski definition) is 6. The van der Waals surface area contributed by atoms with Gasteiger partial charge >= 0.3 is 0 Å². The Morgan fingerprint density at radius 3 is 2.96 bits per heavy atom. The minimum Gasteiger partial charge on any atom is -0.473 e. The number of aromatic nitrogens is 2. The summed E-state index contributed by atoms with van der Waals surface area (Å²) in [5.74, 6) is 0.565. The minimum atomic E-state index is -0.348. The monoisotopic (exact) mass is 378 g/mol. The Hall–Kier alpha value is -3.19. The summed E-state index contributed by atoms with van der Waals surface area (Å²) in [6.45, 7) is 3.51. The first kappa shape index (κ1) is 18.2. The first-order chi connectivity index (χ1) is 13.6. The van der Waals surface area contributed by atoms with Gasteiger partial charge in [0.25, 0.3) is 5.91 Å². The minimum absolute atomic E-state index is 0.0818. The van der Waals surface area contributed by atoms with Crippen LogP contribution in [0.15, 0.2) is 48.8 Å². The van der Waals surface area contributed by atoms with Gasteiger partial charge in [-0.1, -0.05) is 6.92 Å². The zero-order valence-electron chi connectivity index (χ0n) is 15.6. The maximum atomic E-state index is 12.4. The number of anilines is 2. The van der Waals surface area contributed by atoms with Gasteiger partial charge in [0.05, 0.1) is 18.9 Å². The maximum absolute atomic E-state index is 12.4. The third kappa shape index (κ3) is 3.75. The molecule has 1 saturated heterocycles. The van der Waals surface area contributed by atoms with Crippen LogP contribution in [0.5, 0.6) is 5.88 Å². The summed E-state index contributed by atoms with van der Waals surface area (Å²) >= 11 is 0. The molecule has 0 saturated carbocycles. The number of benzene rings is 1. The summed E-state index contributed by atoms with van der Waals surface area (Å²) in [6.07, 6.45) is 4.18. The van der Waals surface area contributed by atoms with Gasteiger partial charge in [-0.3, -0.25) is 4.79 Å². The molecule has 3 heterocycles. The molecule has 7 heteroatoms. The lowest BCUT2D eigenvalue weighted by Crippen LogP contribution is -2.34. The SMILES string of the molecule is CC1COCCC1Oc1nccc2cc(NC(=O)c3ncccc3N)ccc12. The van der Waals surface area contributed by atoms with Crippen molar-refractivity contribution in [3.63, 3.8) is 0 Å². The predicted octanol–water partition coefficient (Wildman–Crippen LogP) is 3.27. The van der Waals surface area contributed by atoms with Crippen LogP contribution < -0.4 is 15.8 Å². The first-order valence-electron chi connectivity index (χ1n) is 9.27. The van der Waals surface area contributed by atoms with E-state index in [4.69, 9.17) is 15.2 Å². The van der Waals surface area contributed by atoms with E-state index >= 15 is 0 Å². The fourth-order valence-corrected chi connectivity index (χ4v) is 3.30. The lowest BCUT2D eigenvalue weighted by molar-refractivity contribution is -0.0174. The molecule has 4 rings (SSSR count). The number of ether oxygens (including phenoxy) is 2. The van der Waals surface area contributed by atoms with Crippen LogP contribution in [0.1, 0.15) is 23.8 Å². The number of amides is 1. The summed E-state index contributed by atoms with van der Waals surface area (Å²) in [4.78, 5) is 20.9. The summed E-state index contributed by atoms with van der Waals surface area (Å²) < 4.78 is 11.7. The summed E-state index contributed by atoms with van der Waals surface area (Å²) in [5.41, 5.74) is 7.02. The van der Waals surface area contributed by atoms with E-state index < -0.39 is 0 Å². The molecule has 1 aliphatic rings. The molecule has 2 aromatic heterocycles. The van der Waals surface area contributed by atoms with Crippen molar-refractivity contribution in [1.29, 1.82) is 0 Å². The highest BCUT2D eigenvalue weighted by Gasteiger charge is 2.24. The predicted molar refractivity (Wildman–Crippen MR) is 107 cm³/mol. The lowest BCUT2D eigenvalue weighted by Gasteiger charge is -2.29. The van der Waals surface area contributed by atoms with Gasteiger partial charge in [-0.2, -0.15) is 0 Å². The molecule has 3 N–H and O–H groups in total. The molecule has 144 valence electrons. The molecule has 0 radical (unpaired) electrons. The van der Waals surface area contributed by atoms with Gasteiger partial charge in [-0.25, -0.2) is 9.97 Å². The van der Waals surface area contributed by atoms with Crippen LogP contribution in [0, 0.1) is 5.92 Å². The number of hydrogen-bond donors (Lipinski definition) is 2. The summed E-state index contributed by atoms with van der Waals surface area (Å²) in [6, 6.07) is 10.8. The van der Waals surface area contributed by atoms with Crippen molar-refractivity contribution in [2.24, 2.45) is 5.92 Å². The normalized spacial score (nSPS) is 19.3. The average Bonchev–Trinajstić information content (AvgIpc) is 2.70. The second-order valence-corrected chi connectivity index (χ2v) is 6.94. The second kappa shape index (κ2) is 7.82. The lowest BCUT2D eigenvalue weighted by atomic mass is 10.0. The van der Waals surface area contributed by atoms with Crippen LogP contribution in [0.2, 0.25) is 0 Å². The van der Waals surface area contributed by atoms with Crippen LogP contribution in [0.4, 0.5) is 11.4 Å².